The van der Waals surface area contributed by atoms with Crippen LogP contribution in [-0.2, 0) is 25.5 Å². The number of nitriles is 1. The van der Waals surface area contributed by atoms with Crippen LogP contribution in [0.4, 0.5) is 13.2 Å². The van der Waals surface area contributed by atoms with Crippen molar-refractivity contribution >= 4 is 27.4 Å². The Bertz CT molecular complexity index is 1380. The van der Waals surface area contributed by atoms with Gasteiger partial charge in [-0.05, 0) is 37.6 Å². The summed E-state index contributed by atoms with van der Waals surface area (Å²) in [5.74, 6) is -3.33. The number of nitrogens with zero attached hydrogens (tertiary/aromatic N) is 1. The molecular formula is C24H20ClF3N2O4S. The molecule has 1 aliphatic rings. The van der Waals surface area contributed by atoms with E-state index in [1.807, 2.05) is 6.07 Å². The number of rotatable bonds is 6. The summed E-state index contributed by atoms with van der Waals surface area (Å²) in [6.07, 6.45) is -4.79. The molecule has 11 heteroatoms. The third-order valence-electron chi connectivity index (χ3n) is 5.34. The molecule has 1 unspecified atom stereocenters. The standard InChI is InChI=1S/C24H20ClF3N2O4S/c1-3-34-23(31)22-19(13-35(32,33)20-11-7-6-10-18(20)25)30-14(2)16(12-29)21(22)15-8-4-5-9-17(15)24(26,27)28/h4-11,21,30H,3,13H2,1-2H3. The number of hydrogen-bond acceptors (Lipinski definition) is 6. The summed E-state index contributed by atoms with van der Waals surface area (Å²) in [6.45, 7) is 2.80. The highest BCUT2D eigenvalue weighted by Gasteiger charge is 2.42. The van der Waals surface area contributed by atoms with Gasteiger partial charge in [-0.2, -0.15) is 18.4 Å². The summed E-state index contributed by atoms with van der Waals surface area (Å²) in [5.41, 5.74) is -2.05. The van der Waals surface area contributed by atoms with Crippen LogP contribution < -0.4 is 5.32 Å². The van der Waals surface area contributed by atoms with Crippen LogP contribution in [0, 0.1) is 11.3 Å². The third-order valence-corrected chi connectivity index (χ3v) is 7.48. The molecule has 0 amide bonds. The summed E-state index contributed by atoms with van der Waals surface area (Å²) in [7, 11) is -4.15. The number of carbonyl (C=O) groups excluding carboxylic acids is 1. The van der Waals surface area contributed by atoms with E-state index in [1.54, 1.807) is 6.07 Å². The number of nitrogens with one attached hydrogen (secondary N) is 1. The first-order chi connectivity index (χ1) is 16.4. The van der Waals surface area contributed by atoms with Crippen LogP contribution in [0.25, 0.3) is 0 Å². The minimum Gasteiger partial charge on any atom is -0.463 e. The molecule has 0 saturated heterocycles. The Morgan fingerprint density at radius 1 is 1.17 bits per heavy atom. The Hall–Kier alpha value is -3.29. The third kappa shape index (κ3) is 5.36. The fourth-order valence-electron chi connectivity index (χ4n) is 3.89. The molecule has 0 radical (unpaired) electrons. The van der Waals surface area contributed by atoms with Gasteiger partial charge in [-0.15, -0.1) is 0 Å². The average molecular weight is 525 g/mol. The molecule has 3 rings (SSSR count). The molecule has 0 fully saturated rings. The monoisotopic (exact) mass is 524 g/mol. The molecule has 35 heavy (non-hydrogen) atoms. The van der Waals surface area contributed by atoms with Crippen molar-refractivity contribution in [3.05, 3.63) is 87.2 Å². The quantitative estimate of drug-likeness (QED) is 0.526. The lowest BCUT2D eigenvalue weighted by Gasteiger charge is -2.31. The normalized spacial score (nSPS) is 16.5. The number of allylic oxidation sites excluding steroid dienone is 2. The van der Waals surface area contributed by atoms with Crippen molar-refractivity contribution in [3.8, 4) is 6.07 Å². The second kappa shape index (κ2) is 10.1. The molecule has 6 nitrogen and oxygen atoms in total. The number of ether oxygens (including phenoxy) is 1. The molecule has 1 atom stereocenters. The first kappa shape index (κ1) is 26.3. The number of carbonyl (C=O) groups is 1. The molecule has 0 aromatic heterocycles. The van der Waals surface area contributed by atoms with Crippen LogP contribution in [0.1, 0.15) is 30.9 Å². The van der Waals surface area contributed by atoms with Gasteiger partial charge in [0.15, 0.2) is 9.84 Å². The van der Waals surface area contributed by atoms with Gasteiger partial charge in [-0.1, -0.05) is 41.9 Å². The van der Waals surface area contributed by atoms with Gasteiger partial charge < -0.3 is 10.1 Å². The van der Waals surface area contributed by atoms with Crippen LogP contribution in [-0.4, -0.2) is 26.7 Å². The van der Waals surface area contributed by atoms with Crippen LogP contribution in [0.5, 0.6) is 0 Å². The predicted octanol–water partition coefficient (Wildman–Crippen LogP) is 5.13. The van der Waals surface area contributed by atoms with Crippen molar-refractivity contribution in [2.75, 3.05) is 12.4 Å². The van der Waals surface area contributed by atoms with Gasteiger partial charge in [0.05, 0.1) is 51.0 Å². The topological polar surface area (TPSA) is 96.3 Å². The van der Waals surface area contributed by atoms with Crippen LogP contribution in [0.3, 0.4) is 0 Å². The van der Waals surface area contributed by atoms with Crippen molar-refractivity contribution in [1.29, 1.82) is 5.26 Å². The minimum atomic E-state index is -4.79. The van der Waals surface area contributed by atoms with Crippen LogP contribution in [0.2, 0.25) is 5.02 Å². The first-order valence-corrected chi connectivity index (χ1v) is 12.4. The van der Waals surface area contributed by atoms with Gasteiger partial charge >= 0.3 is 12.1 Å². The molecule has 0 aliphatic carbocycles. The number of alkyl halides is 3. The molecule has 1 N–H and O–H groups in total. The van der Waals surface area contributed by atoms with Crippen molar-refractivity contribution < 1.29 is 31.1 Å². The fourth-order valence-corrected chi connectivity index (χ4v) is 5.79. The molecule has 184 valence electrons. The molecule has 2 aromatic carbocycles. The van der Waals surface area contributed by atoms with Crippen molar-refractivity contribution in [2.24, 2.45) is 0 Å². The van der Waals surface area contributed by atoms with Crippen molar-refractivity contribution in [1.82, 2.24) is 5.32 Å². The smallest absolute Gasteiger partial charge is 0.416 e. The van der Waals surface area contributed by atoms with E-state index < -0.39 is 39.2 Å². The van der Waals surface area contributed by atoms with Crippen molar-refractivity contribution in [3.63, 3.8) is 0 Å². The number of dihydropyridines is 1. The molecule has 0 saturated carbocycles. The van der Waals surface area contributed by atoms with Crippen molar-refractivity contribution in [2.45, 2.75) is 30.8 Å². The van der Waals surface area contributed by atoms with Gasteiger partial charge in [0.1, 0.15) is 0 Å². The summed E-state index contributed by atoms with van der Waals surface area (Å²) < 4.78 is 73.1. The maximum Gasteiger partial charge on any atom is 0.416 e. The van der Waals surface area contributed by atoms with E-state index in [0.29, 0.717) is 0 Å². The van der Waals surface area contributed by atoms with E-state index in [1.165, 1.54) is 44.2 Å². The second-order valence-electron chi connectivity index (χ2n) is 7.60. The summed E-state index contributed by atoms with van der Waals surface area (Å²) >= 11 is 6.06. The largest absolute Gasteiger partial charge is 0.463 e. The average Bonchev–Trinajstić information content (AvgIpc) is 2.78. The number of hydrogen-bond donors (Lipinski definition) is 1. The fraction of sp³-hybridized carbons (Fsp3) is 0.250. The number of benzene rings is 2. The Morgan fingerprint density at radius 3 is 2.40 bits per heavy atom. The van der Waals surface area contributed by atoms with E-state index in [0.717, 1.165) is 12.1 Å². The van der Waals surface area contributed by atoms with E-state index in [2.05, 4.69) is 5.32 Å². The zero-order valence-corrected chi connectivity index (χ0v) is 20.2. The molecule has 0 bridgehead atoms. The van der Waals surface area contributed by atoms with Gasteiger partial charge in [0.2, 0.25) is 0 Å². The summed E-state index contributed by atoms with van der Waals surface area (Å²) in [6, 6.07) is 12.1. The zero-order valence-electron chi connectivity index (χ0n) is 18.6. The van der Waals surface area contributed by atoms with Gasteiger partial charge in [0.25, 0.3) is 0 Å². The maximum absolute atomic E-state index is 13.9. The molecule has 1 aliphatic heterocycles. The Balaban J connectivity index is 2.30. The first-order valence-electron chi connectivity index (χ1n) is 10.3. The van der Waals surface area contributed by atoms with Crippen LogP contribution >= 0.6 is 11.6 Å². The second-order valence-corrected chi connectivity index (χ2v) is 9.96. The van der Waals surface area contributed by atoms with E-state index in [9.17, 15) is 31.6 Å². The molecule has 1 heterocycles. The zero-order chi connectivity index (χ0) is 26.0. The van der Waals surface area contributed by atoms with Crippen LogP contribution in [0.15, 0.2) is 76.0 Å². The number of esters is 1. The Morgan fingerprint density at radius 2 is 1.80 bits per heavy atom. The number of sulfone groups is 1. The number of halogens is 4. The highest BCUT2D eigenvalue weighted by Crippen LogP contribution is 2.44. The molecule has 0 spiro atoms. The highest BCUT2D eigenvalue weighted by atomic mass is 35.5. The van der Waals surface area contributed by atoms with E-state index >= 15 is 0 Å². The molecular weight excluding hydrogens is 505 g/mol. The lowest BCUT2D eigenvalue weighted by Crippen LogP contribution is -2.33. The Labute approximate surface area is 205 Å². The van der Waals surface area contributed by atoms with Gasteiger partial charge in [-0.3, -0.25) is 0 Å². The minimum absolute atomic E-state index is 0.0504. The molecule has 2 aromatic rings. The lowest BCUT2D eigenvalue weighted by atomic mass is 9.79. The SMILES string of the molecule is CCOC(=O)C1=C(CS(=O)(=O)c2ccccc2Cl)NC(C)=C(C#N)C1c1ccccc1C(F)(F)F. The summed E-state index contributed by atoms with van der Waals surface area (Å²) in [5, 5.41) is 12.5. The highest BCUT2D eigenvalue weighted by molar-refractivity contribution is 7.91. The predicted molar refractivity (Wildman–Crippen MR) is 123 cm³/mol. The van der Waals surface area contributed by atoms with Gasteiger partial charge in [-0.25, -0.2) is 13.2 Å². The lowest BCUT2D eigenvalue weighted by molar-refractivity contribution is -0.140. The van der Waals surface area contributed by atoms with E-state index in [4.69, 9.17) is 16.3 Å². The Kier molecular flexibility index (Phi) is 7.62. The summed E-state index contributed by atoms with van der Waals surface area (Å²) in [4.78, 5) is 12.8. The van der Waals surface area contributed by atoms with Gasteiger partial charge in [0, 0.05) is 11.4 Å². The van der Waals surface area contributed by atoms with E-state index in [-0.39, 0.29) is 44.6 Å². The maximum atomic E-state index is 13.9.